The maximum Gasteiger partial charge on any atom is 0.277 e. The number of carbonyl (C=O) groups is 1. The average molecular weight is 482 g/mol. The summed E-state index contributed by atoms with van der Waals surface area (Å²) in [6.45, 7) is 0. The summed E-state index contributed by atoms with van der Waals surface area (Å²) in [7, 11) is 0. The van der Waals surface area contributed by atoms with E-state index in [9.17, 15) is 14.9 Å². The molecule has 0 saturated carbocycles. The molecule has 3 rings (SSSR count). The quantitative estimate of drug-likeness (QED) is 0.245. The molecule has 3 aromatic rings. The van der Waals surface area contributed by atoms with Gasteiger partial charge in [0.25, 0.3) is 10.9 Å². The van der Waals surface area contributed by atoms with Crippen molar-refractivity contribution in [2.45, 2.75) is 5.22 Å². The molecule has 1 amide bonds. The lowest BCUT2D eigenvalue weighted by atomic mass is 10.2. The fourth-order valence-corrected chi connectivity index (χ4v) is 2.92. The maximum atomic E-state index is 12.0. The van der Waals surface area contributed by atoms with E-state index in [0.717, 1.165) is 15.3 Å². The number of anilines is 1. The minimum Gasteiger partial charge on any atom is -0.411 e. The van der Waals surface area contributed by atoms with Crippen molar-refractivity contribution in [3.05, 3.63) is 62.2 Å². The lowest BCUT2D eigenvalue weighted by Gasteiger charge is -2.03. The summed E-state index contributed by atoms with van der Waals surface area (Å²) in [4.78, 5) is 22.3. The Kier molecular flexibility index (Phi) is 5.83. The van der Waals surface area contributed by atoms with Gasteiger partial charge in [0, 0.05) is 27.0 Å². The van der Waals surface area contributed by atoms with E-state index in [1.54, 1.807) is 12.1 Å². The van der Waals surface area contributed by atoms with Gasteiger partial charge in [-0.15, -0.1) is 10.2 Å². The normalized spacial score (nSPS) is 10.5. The average Bonchev–Trinajstić information content (AvgIpc) is 3.11. The summed E-state index contributed by atoms with van der Waals surface area (Å²) >= 11 is 3.27. The van der Waals surface area contributed by atoms with Gasteiger partial charge in [-0.2, -0.15) is 0 Å². The van der Waals surface area contributed by atoms with E-state index in [0.29, 0.717) is 11.3 Å². The number of hydrogen-bond donors (Lipinski definition) is 1. The Morgan fingerprint density at radius 3 is 2.73 bits per heavy atom. The summed E-state index contributed by atoms with van der Waals surface area (Å²) in [5.74, 6) is 0.0586. The van der Waals surface area contributed by atoms with Crippen LogP contribution in [0.2, 0.25) is 0 Å². The second-order valence-electron chi connectivity index (χ2n) is 5.02. The number of hydrogen-bond acceptors (Lipinski definition) is 7. The van der Waals surface area contributed by atoms with E-state index in [-0.39, 0.29) is 28.5 Å². The minimum atomic E-state index is -0.496. The van der Waals surface area contributed by atoms with Crippen LogP contribution in [0.4, 0.5) is 11.4 Å². The summed E-state index contributed by atoms with van der Waals surface area (Å²) in [6, 6.07) is 13.3. The third-order valence-electron chi connectivity index (χ3n) is 3.17. The number of aromatic nitrogens is 2. The molecule has 0 fully saturated rings. The Bertz CT molecular complexity index is 945. The first-order chi connectivity index (χ1) is 12.5. The van der Waals surface area contributed by atoms with E-state index in [1.807, 2.05) is 24.3 Å². The highest BCUT2D eigenvalue weighted by atomic mass is 127. The fourth-order valence-electron chi connectivity index (χ4n) is 1.99. The van der Waals surface area contributed by atoms with Crippen LogP contribution in [0.3, 0.4) is 0 Å². The Balaban J connectivity index is 1.60. The van der Waals surface area contributed by atoms with Gasteiger partial charge in [-0.05, 0) is 52.9 Å². The second kappa shape index (κ2) is 8.27. The van der Waals surface area contributed by atoms with E-state index in [2.05, 4.69) is 38.1 Å². The Morgan fingerprint density at radius 2 is 2.00 bits per heavy atom. The first-order valence-corrected chi connectivity index (χ1v) is 9.34. The Labute approximate surface area is 165 Å². The Hall–Kier alpha value is -2.47. The third-order valence-corrected chi connectivity index (χ3v) is 4.70. The fraction of sp³-hybridized carbons (Fsp3) is 0.0625. The van der Waals surface area contributed by atoms with Crippen LogP contribution in [0, 0.1) is 13.7 Å². The van der Waals surface area contributed by atoms with Crippen molar-refractivity contribution in [3.8, 4) is 11.5 Å². The third kappa shape index (κ3) is 4.79. The smallest absolute Gasteiger partial charge is 0.277 e. The molecule has 0 aliphatic carbocycles. The first kappa shape index (κ1) is 18.3. The van der Waals surface area contributed by atoms with Gasteiger partial charge in [-0.3, -0.25) is 14.9 Å². The van der Waals surface area contributed by atoms with E-state index in [1.165, 1.54) is 12.1 Å². The predicted molar refractivity (Wildman–Crippen MR) is 105 cm³/mol. The Morgan fingerprint density at radius 1 is 1.23 bits per heavy atom. The zero-order chi connectivity index (χ0) is 18.5. The molecule has 0 spiro atoms. The molecule has 8 nitrogen and oxygen atoms in total. The highest BCUT2D eigenvalue weighted by Crippen LogP contribution is 2.26. The molecular weight excluding hydrogens is 471 g/mol. The highest BCUT2D eigenvalue weighted by Gasteiger charge is 2.14. The van der Waals surface area contributed by atoms with Gasteiger partial charge in [0.1, 0.15) is 0 Å². The summed E-state index contributed by atoms with van der Waals surface area (Å²) in [6.07, 6.45) is 0. The van der Waals surface area contributed by atoms with Crippen molar-refractivity contribution in [3.63, 3.8) is 0 Å². The van der Waals surface area contributed by atoms with Gasteiger partial charge in [-0.25, -0.2) is 0 Å². The van der Waals surface area contributed by atoms with Crippen LogP contribution in [0.25, 0.3) is 11.5 Å². The predicted octanol–water partition coefficient (Wildman–Crippen LogP) is 3.98. The number of non-ortho nitro benzene ring substituents is 1. The van der Waals surface area contributed by atoms with Crippen molar-refractivity contribution in [1.82, 2.24) is 10.2 Å². The van der Waals surface area contributed by atoms with Crippen LogP contribution < -0.4 is 5.32 Å². The monoisotopic (exact) mass is 482 g/mol. The van der Waals surface area contributed by atoms with Gasteiger partial charge in [0.05, 0.1) is 10.7 Å². The van der Waals surface area contributed by atoms with Crippen LogP contribution in [-0.2, 0) is 4.79 Å². The van der Waals surface area contributed by atoms with Crippen LogP contribution in [-0.4, -0.2) is 26.8 Å². The topological polar surface area (TPSA) is 111 Å². The van der Waals surface area contributed by atoms with Crippen molar-refractivity contribution < 1.29 is 14.1 Å². The second-order valence-corrected chi connectivity index (χ2v) is 7.20. The van der Waals surface area contributed by atoms with Crippen molar-refractivity contribution >= 4 is 51.6 Å². The lowest BCUT2D eigenvalue weighted by molar-refractivity contribution is -0.384. The van der Waals surface area contributed by atoms with Gasteiger partial charge in [0.2, 0.25) is 11.8 Å². The largest absolute Gasteiger partial charge is 0.411 e. The minimum absolute atomic E-state index is 0.0631. The molecule has 2 aromatic carbocycles. The molecule has 10 heteroatoms. The number of nitrogens with zero attached hydrogens (tertiary/aromatic N) is 3. The molecule has 0 aliphatic heterocycles. The molecule has 0 saturated heterocycles. The van der Waals surface area contributed by atoms with Gasteiger partial charge in [-0.1, -0.05) is 17.8 Å². The van der Waals surface area contributed by atoms with Crippen molar-refractivity contribution in [2.24, 2.45) is 0 Å². The van der Waals surface area contributed by atoms with E-state index >= 15 is 0 Å². The SMILES string of the molecule is O=C(CSc1nnc(-c2cccc([N+](=O)[O-])c2)o1)Nc1ccc(I)cc1. The number of nitrogens with one attached hydrogen (secondary N) is 1. The van der Waals surface area contributed by atoms with Gasteiger partial charge in [0.15, 0.2) is 0 Å². The first-order valence-electron chi connectivity index (χ1n) is 7.28. The number of benzene rings is 2. The van der Waals surface area contributed by atoms with Crippen LogP contribution in [0.1, 0.15) is 0 Å². The molecule has 26 heavy (non-hydrogen) atoms. The number of thioether (sulfide) groups is 1. The lowest BCUT2D eigenvalue weighted by Crippen LogP contribution is -2.13. The number of nitro groups is 1. The molecular formula is C16H11IN4O4S. The standard InChI is InChI=1S/C16H11IN4O4S/c17-11-4-6-12(7-5-11)18-14(22)9-26-16-20-19-15(25-16)10-2-1-3-13(8-10)21(23)24/h1-8H,9H2,(H,18,22). The van der Waals surface area contributed by atoms with E-state index < -0.39 is 4.92 Å². The molecule has 0 radical (unpaired) electrons. The van der Waals surface area contributed by atoms with Gasteiger partial charge >= 0.3 is 0 Å². The molecule has 0 atom stereocenters. The number of rotatable bonds is 6. The van der Waals surface area contributed by atoms with Crippen LogP contribution in [0.15, 0.2) is 58.2 Å². The number of halogens is 1. The zero-order valence-electron chi connectivity index (χ0n) is 13.1. The number of nitro benzene ring substituents is 1. The van der Waals surface area contributed by atoms with Crippen molar-refractivity contribution in [2.75, 3.05) is 11.1 Å². The van der Waals surface area contributed by atoms with Crippen molar-refractivity contribution in [1.29, 1.82) is 0 Å². The highest BCUT2D eigenvalue weighted by molar-refractivity contribution is 14.1. The summed E-state index contributed by atoms with van der Waals surface area (Å²) in [5, 5.41) is 21.5. The zero-order valence-corrected chi connectivity index (χ0v) is 16.1. The maximum absolute atomic E-state index is 12.0. The number of carbonyl (C=O) groups excluding carboxylic acids is 1. The molecule has 1 N–H and O–H groups in total. The van der Waals surface area contributed by atoms with Gasteiger partial charge < -0.3 is 9.73 Å². The van der Waals surface area contributed by atoms with Crippen LogP contribution >= 0.6 is 34.4 Å². The molecule has 1 aromatic heterocycles. The molecule has 132 valence electrons. The molecule has 0 unspecified atom stereocenters. The molecule has 1 heterocycles. The summed E-state index contributed by atoms with van der Waals surface area (Å²) in [5.41, 5.74) is 1.09. The number of amides is 1. The van der Waals surface area contributed by atoms with Crippen LogP contribution in [0.5, 0.6) is 0 Å². The molecule has 0 bridgehead atoms. The molecule has 0 aliphatic rings. The van der Waals surface area contributed by atoms with E-state index in [4.69, 9.17) is 4.42 Å². The summed E-state index contributed by atoms with van der Waals surface area (Å²) < 4.78 is 6.54.